The molecule has 86 valence electrons. The molecule has 0 fully saturated rings. The molecule has 0 saturated carbocycles. The molecule has 0 aliphatic heterocycles. The Kier molecular flexibility index (Phi) is 5.32. The molecule has 0 unspecified atom stereocenters. The van der Waals surface area contributed by atoms with Gasteiger partial charge in [-0.3, -0.25) is 0 Å². The van der Waals surface area contributed by atoms with Gasteiger partial charge in [0.05, 0.1) is 6.54 Å². The maximum Gasteiger partial charge on any atom is 0.223 e. The fourth-order valence-corrected chi connectivity index (χ4v) is 1.69. The summed E-state index contributed by atoms with van der Waals surface area (Å²) in [6.07, 6.45) is 4.85. The quantitative estimate of drug-likeness (QED) is 0.752. The van der Waals surface area contributed by atoms with E-state index in [-0.39, 0.29) is 0 Å². The first-order valence-electron chi connectivity index (χ1n) is 5.78. The fraction of sp³-hybridized carbons (Fsp3) is 0.818. The van der Waals surface area contributed by atoms with Gasteiger partial charge < -0.3 is 9.84 Å². The molecule has 0 amide bonds. The van der Waals surface area contributed by atoms with Crippen molar-refractivity contribution in [1.29, 1.82) is 0 Å². The molecule has 0 spiro atoms. The van der Waals surface area contributed by atoms with Crippen LogP contribution in [-0.4, -0.2) is 16.2 Å². The van der Waals surface area contributed by atoms with E-state index in [1.54, 1.807) is 0 Å². The molecule has 0 aliphatic rings. The second-order valence-corrected chi connectivity index (χ2v) is 3.88. The van der Waals surface area contributed by atoms with Crippen molar-refractivity contribution >= 4 is 0 Å². The summed E-state index contributed by atoms with van der Waals surface area (Å²) in [7, 11) is 0. The number of rotatable bonds is 7. The van der Waals surface area contributed by atoms with Gasteiger partial charge in [-0.25, -0.2) is 0 Å². The van der Waals surface area contributed by atoms with E-state index >= 15 is 0 Å². The highest BCUT2D eigenvalue weighted by Gasteiger charge is 2.08. The molecule has 4 nitrogen and oxygen atoms in total. The van der Waals surface area contributed by atoms with Gasteiger partial charge in [0.2, 0.25) is 5.89 Å². The first-order chi connectivity index (χ1) is 7.26. The minimum Gasteiger partial charge on any atom is -0.340 e. The SMILES string of the molecule is CCCC(CCC)NCc1noc(C)n1. The number of aromatic nitrogens is 2. The molecule has 0 bridgehead atoms. The van der Waals surface area contributed by atoms with E-state index in [1.807, 2.05) is 6.92 Å². The van der Waals surface area contributed by atoms with E-state index in [4.69, 9.17) is 4.52 Å². The van der Waals surface area contributed by atoms with E-state index in [0.717, 1.165) is 5.82 Å². The Balaban J connectivity index is 2.32. The van der Waals surface area contributed by atoms with Crippen molar-refractivity contribution < 1.29 is 4.52 Å². The van der Waals surface area contributed by atoms with Gasteiger partial charge in [0.25, 0.3) is 0 Å². The van der Waals surface area contributed by atoms with Crippen LogP contribution in [0.2, 0.25) is 0 Å². The topological polar surface area (TPSA) is 51.0 Å². The molecule has 0 saturated heterocycles. The lowest BCUT2D eigenvalue weighted by atomic mass is 10.1. The van der Waals surface area contributed by atoms with Crippen LogP contribution < -0.4 is 5.32 Å². The molecule has 1 N–H and O–H groups in total. The standard InChI is InChI=1S/C11H21N3O/c1-4-6-10(7-5-2)12-8-11-13-9(3)15-14-11/h10,12H,4-8H2,1-3H3. The predicted octanol–water partition coefficient (Wildman–Crippen LogP) is 2.44. The molecule has 0 radical (unpaired) electrons. The molecule has 0 atom stereocenters. The van der Waals surface area contributed by atoms with Crippen LogP contribution in [0.25, 0.3) is 0 Å². The molecule has 0 aliphatic carbocycles. The number of aryl methyl sites for hydroxylation is 1. The Morgan fingerprint density at radius 1 is 1.27 bits per heavy atom. The second-order valence-electron chi connectivity index (χ2n) is 3.88. The molecule has 1 aromatic heterocycles. The van der Waals surface area contributed by atoms with Crippen LogP contribution in [0.3, 0.4) is 0 Å². The van der Waals surface area contributed by atoms with E-state index in [2.05, 4.69) is 29.3 Å². The van der Waals surface area contributed by atoms with Crippen molar-refractivity contribution in [3.05, 3.63) is 11.7 Å². The lowest BCUT2D eigenvalue weighted by molar-refractivity contribution is 0.379. The van der Waals surface area contributed by atoms with Crippen LogP contribution in [0, 0.1) is 6.92 Å². The Labute approximate surface area is 91.5 Å². The van der Waals surface area contributed by atoms with E-state index < -0.39 is 0 Å². The molecule has 0 aromatic carbocycles. The van der Waals surface area contributed by atoms with Crippen molar-refractivity contribution in [1.82, 2.24) is 15.5 Å². The maximum atomic E-state index is 4.92. The number of hydrogen-bond acceptors (Lipinski definition) is 4. The Bertz CT molecular complexity index is 267. The van der Waals surface area contributed by atoms with Crippen LogP contribution in [0.5, 0.6) is 0 Å². The van der Waals surface area contributed by atoms with Gasteiger partial charge in [-0.1, -0.05) is 31.8 Å². The Hall–Kier alpha value is -0.900. The number of nitrogens with zero attached hydrogens (tertiary/aromatic N) is 2. The second kappa shape index (κ2) is 6.56. The van der Waals surface area contributed by atoms with Gasteiger partial charge in [-0.05, 0) is 12.8 Å². The zero-order valence-electron chi connectivity index (χ0n) is 9.92. The lowest BCUT2D eigenvalue weighted by Gasteiger charge is -2.15. The first kappa shape index (κ1) is 12.2. The minimum absolute atomic E-state index is 0.582. The third kappa shape index (κ3) is 4.42. The molecule has 1 heterocycles. The minimum atomic E-state index is 0.582. The van der Waals surface area contributed by atoms with Crippen molar-refractivity contribution in [3.63, 3.8) is 0 Å². The van der Waals surface area contributed by atoms with Crippen molar-refractivity contribution in [2.45, 2.75) is 59.0 Å². The van der Waals surface area contributed by atoms with E-state index in [1.165, 1.54) is 25.7 Å². The summed E-state index contributed by atoms with van der Waals surface area (Å²) in [6, 6.07) is 0.582. The van der Waals surface area contributed by atoms with Gasteiger partial charge in [-0.2, -0.15) is 4.98 Å². The molecule has 1 aromatic rings. The highest BCUT2D eigenvalue weighted by atomic mass is 16.5. The molecule has 15 heavy (non-hydrogen) atoms. The summed E-state index contributed by atoms with van der Waals surface area (Å²) >= 11 is 0. The van der Waals surface area contributed by atoms with Crippen molar-refractivity contribution in [2.75, 3.05) is 0 Å². The average Bonchev–Trinajstić information content (AvgIpc) is 2.61. The smallest absolute Gasteiger partial charge is 0.223 e. The largest absolute Gasteiger partial charge is 0.340 e. The summed E-state index contributed by atoms with van der Waals surface area (Å²) in [6.45, 7) is 6.94. The van der Waals surface area contributed by atoms with Crippen LogP contribution in [-0.2, 0) is 6.54 Å². The molecule has 1 rings (SSSR count). The third-order valence-electron chi connectivity index (χ3n) is 2.39. The normalized spacial score (nSPS) is 11.2. The van der Waals surface area contributed by atoms with Crippen LogP contribution in [0.1, 0.15) is 51.2 Å². The Morgan fingerprint density at radius 3 is 2.40 bits per heavy atom. The molecular weight excluding hydrogens is 190 g/mol. The lowest BCUT2D eigenvalue weighted by Crippen LogP contribution is -2.28. The number of nitrogens with one attached hydrogen (secondary N) is 1. The highest BCUT2D eigenvalue weighted by Crippen LogP contribution is 2.05. The highest BCUT2D eigenvalue weighted by molar-refractivity contribution is 4.84. The average molecular weight is 211 g/mol. The van der Waals surface area contributed by atoms with Crippen LogP contribution in [0.15, 0.2) is 4.52 Å². The number of hydrogen-bond donors (Lipinski definition) is 1. The van der Waals surface area contributed by atoms with Crippen LogP contribution >= 0.6 is 0 Å². The first-order valence-corrected chi connectivity index (χ1v) is 5.78. The predicted molar refractivity (Wildman–Crippen MR) is 59.5 cm³/mol. The van der Waals surface area contributed by atoms with Gasteiger partial charge in [0.15, 0.2) is 5.82 Å². The van der Waals surface area contributed by atoms with Gasteiger partial charge in [-0.15, -0.1) is 0 Å². The van der Waals surface area contributed by atoms with E-state index in [0.29, 0.717) is 18.5 Å². The molecule has 4 heteroatoms. The van der Waals surface area contributed by atoms with Gasteiger partial charge in [0, 0.05) is 13.0 Å². The summed E-state index contributed by atoms with van der Waals surface area (Å²) in [5.74, 6) is 1.39. The maximum absolute atomic E-state index is 4.92. The summed E-state index contributed by atoms with van der Waals surface area (Å²) in [5.41, 5.74) is 0. The van der Waals surface area contributed by atoms with Crippen molar-refractivity contribution in [2.24, 2.45) is 0 Å². The monoisotopic (exact) mass is 211 g/mol. The van der Waals surface area contributed by atoms with E-state index in [9.17, 15) is 0 Å². The van der Waals surface area contributed by atoms with Crippen LogP contribution in [0.4, 0.5) is 0 Å². The fourth-order valence-electron chi connectivity index (χ4n) is 1.69. The summed E-state index contributed by atoms with van der Waals surface area (Å²) in [4.78, 5) is 4.16. The summed E-state index contributed by atoms with van der Waals surface area (Å²) < 4.78 is 4.92. The third-order valence-corrected chi connectivity index (χ3v) is 2.39. The zero-order chi connectivity index (χ0) is 11.1. The summed E-state index contributed by atoms with van der Waals surface area (Å²) in [5, 5.41) is 7.33. The van der Waals surface area contributed by atoms with Gasteiger partial charge >= 0.3 is 0 Å². The Morgan fingerprint density at radius 2 is 1.93 bits per heavy atom. The molecular formula is C11H21N3O. The van der Waals surface area contributed by atoms with Crippen molar-refractivity contribution in [3.8, 4) is 0 Å². The zero-order valence-corrected chi connectivity index (χ0v) is 9.92. The van der Waals surface area contributed by atoms with Gasteiger partial charge in [0.1, 0.15) is 0 Å².